The van der Waals surface area contributed by atoms with Gasteiger partial charge in [-0.05, 0) is 80.6 Å². The van der Waals surface area contributed by atoms with Crippen molar-refractivity contribution in [2.75, 3.05) is 5.43 Å². The molecule has 0 unspecified atom stereocenters. The standard InChI is InChI=1S/C23H23N3O2S2/c27-20-19(8-16-12-24-18-4-2-1-3-17(16)18)30-22(29)26(20)25-21(28)23-9-13-5-14(10-23)7-15(6-13)11-23/h1-4,8,12-15,27H,5-7,9-11H2,(H,25,28)/b16-8+. The van der Waals surface area contributed by atoms with Crippen LogP contribution >= 0.6 is 23.6 Å². The van der Waals surface area contributed by atoms with Crippen molar-refractivity contribution >= 4 is 53.0 Å². The van der Waals surface area contributed by atoms with E-state index in [1.807, 2.05) is 30.3 Å². The third-order valence-corrected chi connectivity index (χ3v) is 8.70. The fourth-order valence-electron chi connectivity index (χ4n) is 6.48. The Morgan fingerprint density at radius 3 is 2.57 bits per heavy atom. The Balaban J connectivity index is 1.29. The zero-order valence-electron chi connectivity index (χ0n) is 16.5. The Bertz CT molecular complexity index is 1140. The highest BCUT2D eigenvalue weighted by Gasteiger charge is 2.54. The highest BCUT2D eigenvalue weighted by molar-refractivity contribution is 7.73. The highest BCUT2D eigenvalue weighted by atomic mass is 32.1. The normalized spacial score (nSPS) is 32.0. The molecular formula is C23H23N3O2S2. The number of nitrogens with one attached hydrogen (secondary N) is 1. The fourth-order valence-corrected chi connectivity index (χ4v) is 7.66. The van der Waals surface area contributed by atoms with E-state index in [0.717, 1.165) is 36.1 Å². The number of allylic oxidation sites excluding steroid dienone is 1. The van der Waals surface area contributed by atoms with Crippen LogP contribution in [0.3, 0.4) is 0 Å². The van der Waals surface area contributed by atoms with Gasteiger partial charge >= 0.3 is 0 Å². The zero-order valence-corrected chi connectivity index (χ0v) is 18.1. The monoisotopic (exact) mass is 437 g/mol. The summed E-state index contributed by atoms with van der Waals surface area (Å²) in [5, 5.41) is 10.9. The van der Waals surface area contributed by atoms with Gasteiger partial charge in [-0.3, -0.25) is 15.2 Å². The number of aromatic hydroxyl groups is 1. The summed E-state index contributed by atoms with van der Waals surface area (Å²) in [6, 6.07) is 7.90. The molecule has 154 valence electrons. The van der Waals surface area contributed by atoms with Gasteiger partial charge in [0.1, 0.15) is 0 Å². The number of hydrogen-bond donors (Lipinski definition) is 2. The molecule has 5 aliphatic rings. The number of rotatable bonds is 3. The van der Waals surface area contributed by atoms with Crippen LogP contribution in [0.15, 0.2) is 29.3 Å². The lowest BCUT2D eigenvalue weighted by atomic mass is 9.49. The van der Waals surface area contributed by atoms with E-state index in [2.05, 4.69) is 10.4 Å². The van der Waals surface area contributed by atoms with Crippen molar-refractivity contribution in [2.45, 2.75) is 38.5 Å². The Labute approximate surface area is 184 Å². The first-order valence-corrected chi connectivity index (χ1v) is 11.8. The van der Waals surface area contributed by atoms with E-state index >= 15 is 0 Å². The van der Waals surface area contributed by atoms with Gasteiger partial charge in [-0.25, -0.2) is 0 Å². The van der Waals surface area contributed by atoms with Gasteiger partial charge in [-0.15, -0.1) is 0 Å². The lowest BCUT2D eigenvalue weighted by Gasteiger charge is -2.55. The van der Waals surface area contributed by atoms with Crippen molar-refractivity contribution in [3.63, 3.8) is 0 Å². The van der Waals surface area contributed by atoms with Crippen LogP contribution in [0.25, 0.3) is 11.6 Å². The molecular weight excluding hydrogens is 414 g/mol. The molecule has 5 nitrogen and oxygen atoms in total. The SMILES string of the molecule is O=C(Nn1c(O)c(/C=C2\C=Nc3ccccc32)sc1=S)C12CC3CC(CC(C3)C1)C2. The number of nitrogens with zero attached hydrogens (tertiary/aromatic N) is 2. The molecule has 1 amide bonds. The van der Waals surface area contributed by atoms with Crippen LogP contribution in [0.5, 0.6) is 5.88 Å². The quantitative estimate of drug-likeness (QED) is 0.621. The first kappa shape index (κ1) is 18.5. The second kappa shape index (κ2) is 6.62. The molecule has 2 heterocycles. The van der Waals surface area contributed by atoms with Crippen LogP contribution in [-0.4, -0.2) is 21.9 Å². The van der Waals surface area contributed by atoms with Crippen molar-refractivity contribution in [3.8, 4) is 5.88 Å². The van der Waals surface area contributed by atoms with E-state index in [0.29, 0.717) is 26.6 Å². The molecule has 7 rings (SSSR count). The molecule has 30 heavy (non-hydrogen) atoms. The maximum atomic E-state index is 13.4. The maximum Gasteiger partial charge on any atom is 0.245 e. The minimum absolute atomic E-state index is 0.00615. The highest BCUT2D eigenvalue weighted by Crippen LogP contribution is 2.60. The minimum atomic E-state index is -0.284. The molecule has 0 saturated heterocycles. The fraction of sp³-hybridized carbons (Fsp3) is 0.435. The second-order valence-corrected chi connectivity index (χ2v) is 11.1. The lowest BCUT2D eigenvalue weighted by molar-refractivity contribution is -0.141. The van der Waals surface area contributed by atoms with Crippen LogP contribution < -0.4 is 5.43 Å². The molecule has 2 aromatic rings. The average Bonchev–Trinajstić information content (AvgIpc) is 3.23. The van der Waals surface area contributed by atoms with E-state index in [1.54, 1.807) is 6.21 Å². The number of carbonyl (C=O) groups excluding carboxylic acids is 1. The van der Waals surface area contributed by atoms with Gasteiger partial charge in [0.15, 0.2) is 3.95 Å². The molecule has 1 aromatic heterocycles. The Hall–Kier alpha value is -2.25. The Kier molecular flexibility index (Phi) is 4.09. The molecule has 4 bridgehead atoms. The molecule has 4 aliphatic carbocycles. The number of para-hydroxylation sites is 1. The number of aromatic nitrogens is 1. The van der Waals surface area contributed by atoms with Crippen LogP contribution in [0, 0.1) is 27.1 Å². The van der Waals surface area contributed by atoms with E-state index in [-0.39, 0.29) is 17.2 Å². The first-order valence-electron chi connectivity index (χ1n) is 10.6. The molecule has 4 saturated carbocycles. The molecule has 4 fully saturated rings. The van der Waals surface area contributed by atoms with Crippen LogP contribution in [-0.2, 0) is 4.79 Å². The van der Waals surface area contributed by atoms with E-state index < -0.39 is 0 Å². The number of benzene rings is 1. The van der Waals surface area contributed by atoms with Crippen molar-refractivity contribution in [1.29, 1.82) is 0 Å². The van der Waals surface area contributed by atoms with Gasteiger partial charge in [0.2, 0.25) is 11.8 Å². The topological polar surface area (TPSA) is 66.6 Å². The van der Waals surface area contributed by atoms with Crippen LogP contribution in [0.2, 0.25) is 0 Å². The zero-order chi connectivity index (χ0) is 20.5. The van der Waals surface area contributed by atoms with Crippen LogP contribution in [0.4, 0.5) is 5.69 Å². The summed E-state index contributed by atoms with van der Waals surface area (Å²) in [5.74, 6) is 2.08. The minimum Gasteiger partial charge on any atom is -0.492 e. The number of thiazole rings is 1. The van der Waals surface area contributed by atoms with E-state index in [4.69, 9.17) is 12.2 Å². The summed E-state index contributed by atoms with van der Waals surface area (Å²) in [6.07, 6.45) is 10.5. The smallest absolute Gasteiger partial charge is 0.245 e. The number of amides is 1. The van der Waals surface area contributed by atoms with Gasteiger partial charge in [-0.2, -0.15) is 4.68 Å². The Morgan fingerprint density at radius 1 is 1.20 bits per heavy atom. The van der Waals surface area contributed by atoms with E-state index in [1.165, 1.54) is 35.3 Å². The number of hydrogen-bond acceptors (Lipinski definition) is 5. The summed E-state index contributed by atoms with van der Waals surface area (Å²) in [5.41, 5.74) is 5.56. The summed E-state index contributed by atoms with van der Waals surface area (Å²) >= 11 is 6.78. The molecule has 0 spiro atoms. The summed E-state index contributed by atoms with van der Waals surface area (Å²) < 4.78 is 1.84. The largest absolute Gasteiger partial charge is 0.492 e. The van der Waals surface area contributed by atoms with Crippen LogP contribution in [0.1, 0.15) is 49.0 Å². The second-order valence-electron chi connectivity index (χ2n) is 9.41. The first-order chi connectivity index (χ1) is 14.5. The van der Waals surface area contributed by atoms with Gasteiger partial charge in [0, 0.05) is 17.4 Å². The third-order valence-electron chi connectivity index (χ3n) is 7.39. The summed E-state index contributed by atoms with van der Waals surface area (Å²) in [7, 11) is 0. The third kappa shape index (κ3) is 2.82. The number of fused-ring (bicyclic) bond motifs is 1. The predicted molar refractivity (Wildman–Crippen MR) is 122 cm³/mol. The van der Waals surface area contributed by atoms with Crippen molar-refractivity contribution < 1.29 is 9.90 Å². The lowest BCUT2D eigenvalue weighted by Crippen LogP contribution is -2.52. The molecule has 2 N–H and O–H groups in total. The molecule has 0 radical (unpaired) electrons. The van der Waals surface area contributed by atoms with Gasteiger partial charge in [0.25, 0.3) is 0 Å². The van der Waals surface area contributed by atoms with Gasteiger partial charge < -0.3 is 5.11 Å². The summed E-state index contributed by atoms with van der Waals surface area (Å²) in [6.45, 7) is 0. The summed E-state index contributed by atoms with van der Waals surface area (Å²) in [4.78, 5) is 18.4. The number of carbonyl (C=O) groups is 1. The number of aliphatic imine (C=N–C) groups is 1. The van der Waals surface area contributed by atoms with Gasteiger partial charge in [0.05, 0.1) is 16.0 Å². The average molecular weight is 438 g/mol. The van der Waals surface area contributed by atoms with Gasteiger partial charge in [-0.1, -0.05) is 29.5 Å². The van der Waals surface area contributed by atoms with Crippen molar-refractivity contribution in [1.82, 2.24) is 4.68 Å². The molecule has 0 atom stereocenters. The molecule has 7 heteroatoms. The predicted octanol–water partition coefficient (Wildman–Crippen LogP) is 5.53. The van der Waals surface area contributed by atoms with Crippen molar-refractivity contribution in [3.05, 3.63) is 38.7 Å². The molecule has 1 aliphatic heterocycles. The van der Waals surface area contributed by atoms with Crippen molar-refractivity contribution in [2.24, 2.45) is 28.2 Å². The maximum absolute atomic E-state index is 13.4. The molecule has 1 aromatic carbocycles. The van der Waals surface area contributed by atoms with E-state index in [9.17, 15) is 9.90 Å². The Morgan fingerprint density at radius 2 is 1.87 bits per heavy atom.